The van der Waals surface area contributed by atoms with Crippen LogP contribution < -0.4 is 0 Å². The van der Waals surface area contributed by atoms with E-state index in [0.29, 0.717) is 17.5 Å². The van der Waals surface area contributed by atoms with Gasteiger partial charge in [-0.1, -0.05) is 48.5 Å². The van der Waals surface area contributed by atoms with Crippen LogP contribution in [0, 0.1) is 5.92 Å². The number of nitrogens with zero attached hydrogens (tertiary/aromatic N) is 1. The lowest BCUT2D eigenvalue weighted by Crippen LogP contribution is -2.36. The molecule has 2 atom stereocenters. The zero-order valence-corrected chi connectivity index (χ0v) is 19.6. The van der Waals surface area contributed by atoms with Crippen molar-refractivity contribution in [2.75, 3.05) is 6.54 Å². The van der Waals surface area contributed by atoms with Crippen LogP contribution in [0.4, 0.5) is 13.2 Å². The molecule has 2 N–H and O–H groups in total. The Morgan fingerprint density at radius 1 is 0.838 bits per heavy atom. The van der Waals surface area contributed by atoms with Gasteiger partial charge in [-0.2, -0.15) is 13.2 Å². The predicted octanol–water partition coefficient (Wildman–Crippen LogP) is 5.05. The van der Waals surface area contributed by atoms with E-state index in [1.165, 1.54) is 18.2 Å². The summed E-state index contributed by atoms with van der Waals surface area (Å²) in [6, 6.07) is 18.2. The molecule has 9 heteroatoms. The second-order valence-corrected chi connectivity index (χ2v) is 8.92. The fourth-order valence-corrected chi connectivity index (χ4v) is 4.45. The minimum Gasteiger partial charge on any atom is -0.481 e. The van der Waals surface area contributed by atoms with Gasteiger partial charge in [0, 0.05) is 6.54 Å². The number of halogens is 3. The molecule has 1 aliphatic heterocycles. The van der Waals surface area contributed by atoms with E-state index >= 15 is 0 Å². The molecule has 3 aromatic rings. The second kappa shape index (κ2) is 10.6. The topological polar surface area (TPSA) is 94.9 Å². The molecule has 2 amide bonds. The van der Waals surface area contributed by atoms with Crippen LogP contribution in [-0.2, 0) is 17.4 Å². The Kier molecular flexibility index (Phi) is 7.45. The fraction of sp³-hybridized carbons (Fsp3) is 0.250. The maximum atomic E-state index is 13.0. The van der Waals surface area contributed by atoms with E-state index in [0.717, 1.165) is 22.6 Å². The van der Waals surface area contributed by atoms with E-state index in [9.17, 15) is 37.8 Å². The molecule has 0 spiro atoms. The number of aryl methyl sites for hydroxylation is 1. The summed E-state index contributed by atoms with van der Waals surface area (Å²) < 4.78 is 39.0. The fourth-order valence-electron chi connectivity index (χ4n) is 4.45. The molecule has 0 bridgehead atoms. The highest BCUT2D eigenvalue weighted by atomic mass is 19.4. The van der Waals surface area contributed by atoms with Gasteiger partial charge in [0.25, 0.3) is 11.8 Å². The Morgan fingerprint density at radius 2 is 1.46 bits per heavy atom. The van der Waals surface area contributed by atoms with E-state index in [1.54, 1.807) is 42.5 Å². The molecule has 1 heterocycles. The van der Waals surface area contributed by atoms with Crippen LogP contribution in [0.2, 0.25) is 0 Å². The first-order valence-electron chi connectivity index (χ1n) is 11.7. The lowest BCUT2D eigenvalue weighted by molar-refractivity contribution is -0.146. The number of aliphatic hydroxyl groups excluding tert-OH is 1. The minimum atomic E-state index is -4.44. The number of imide groups is 1. The molecule has 192 valence electrons. The Balaban J connectivity index is 1.35. The molecular formula is C28H24F3NO5. The van der Waals surface area contributed by atoms with Gasteiger partial charge < -0.3 is 10.2 Å². The number of hydrogen-bond acceptors (Lipinski definition) is 4. The first-order valence-corrected chi connectivity index (χ1v) is 11.7. The Morgan fingerprint density at radius 3 is 2.03 bits per heavy atom. The van der Waals surface area contributed by atoms with Gasteiger partial charge >= 0.3 is 12.1 Å². The summed E-state index contributed by atoms with van der Waals surface area (Å²) in [7, 11) is 0. The van der Waals surface area contributed by atoms with Gasteiger partial charge in [-0.3, -0.25) is 19.3 Å². The zero-order valence-electron chi connectivity index (χ0n) is 19.6. The van der Waals surface area contributed by atoms with Crippen molar-refractivity contribution in [3.63, 3.8) is 0 Å². The summed E-state index contributed by atoms with van der Waals surface area (Å²) in [5, 5.41) is 20.2. The van der Waals surface area contributed by atoms with Crippen molar-refractivity contribution in [1.82, 2.24) is 4.90 Å². The largest absolute Gasteiger partial charge is 0.481 e. The minimum absolute atomic E-state index is 0.101. The number of carboxylic acid groups (broad SMARTS) is 1. The average molecular weight is 511 g/mol. The van der Waals surface area contributed by atoms with Gasteiger partial charge in [0.2, 0.25) is 0 Å². The number of carbonyl (C=O) groups is 3. The third kappa shape index (κ3) is 5.72. The van der Waals surface area contributed by atoms with Crippen molar-refractivity contribution in [3.8, 4) is 11.1 Å². The van der Waals surface area contributed by atoms with Crippen molar-refractivity contribution >= 4 is 17.8 Å². The van der Waals surface area contributed by atoms with Crippen LogP contribution in [0.1, 0.15) is 44.7 Å². The number of rotatable bonds is 9. The Bertz CT molecular complexity index is 1280. The predicted molar refractivity (Wildman–Crippen MR) is 129 cm³/mol. The maximum Gasteiger partial charge on any atom is 0.416 e. The summed E-state index contributed by atoms with van der Waals surface area (Å²) >= 11 is 0. The molecule has 0 saturated carbocycles. The quantitative estimate of drug-likeness (QED) is 0.392. The second-order valence-electron chi connectivity index (χ2n) is 8.92. The summed E-state index contributed by atoms with van der Waals surface area (Å²) in [5.74, 6) is -3.39. The highest BCUT2D eigenvalue weighted by molar-refractivity contribution is 6.21. The van der Waals surface area contributed by atoms with Crippen molar-refractivity contribution in [2.45, 2.75) is 31.5 Å². The number of carbonyl (C=O) groups excluding carboxylic acids is 2. The van der Waals surface area contributed by atoms with Gasteiger partial charge in [0.15, 0.2) is 0 Å². The molecule has 4 rings (SSSR count). The van der Waals surface area contributed by atoms with Gasteiger partial charge in [-0.05, 0) is 60.2 Å². The first-order chi connectivity index (χ1) is 17.6. The smallest absolute Gasteiger partial charge is 0.416 e. The molecule has 37 heavy (non-hydrogen) atoms. The van der Waals surface area contributed by atoms with E-state index in [-0.39, 0.29) is 30.5 Å². The standard InChI is InChI=1S/C28H24F3NO5/c29-28(30,31)20-5-3-4-19(16-20)18-11-8-17(9-12-18)10-13-24(33)23(27(36)37)14-15-32-25(34)21-6-1-2-7-22(21)26(32)35/h1-9,11-12,16,23-24,33H,10,13-15H2,(H,36,37). The molecule has 0 aliphatic carbocycles. The number of hydrogen-bond donors (Lipinski definition) is 2. The van der Waals surface area contributed by atoms with E-state index in [2.05, 4.69) is 0 Å². The molecule has 0 aromatic heterocycles. The van der Waals surface area contributed by atoms with Gasteiger partial charge in [0.1, 0.15) is 0 Å². The number of benzene rings is 3. The highest BCUT2D eigenvalue weighted by Crippen LogP contribution is 2.32. The number of aliphatic carboxylic acids is 1. The lowest BCUT2D eigenvalue weighted by atomic mass is 9.93. The molecule has 0 saturated heterocycles. The average Bonchev–Trinajstić information content (AvgIpc) is 3.12. The molecule has 2 unspecified atom stereocenters. The van der Waals surface area contributed by atoms with Crippen molar-refractivity contribution in [1.29, 1.82) is 0 Å². The van der Waals surface area contributed by atoms with E-state index in [4.69, 9.17) is 0 Å². The molecule has 1 aliphatic rings. The Labute approximate surface area is 211 Å². The first kappa shape index (κ1) is 26.1. The van der Waals surface area contributed by atoms with Crippen LogP contribution >= 0.6 is 0 Å². The molecule has 0 radical (unpaired) electrons. The highest BCUT2D eigenvalue weighted by Gasteiger charge is 2.36. The normalized spacial score (nSPS) is 15.0. The maximum absolute atomic E-state index is 13.0. The van der Waals surface area contributed by atoms with Crippen LogP contribution in [0.5, 0.6) is 0 Å². The monoisotopic (exact) mass is 511 g/mol. The molecule has 3 aromatic carbocycles. The summed E-state index contributed by atoms with van der Waals surface area (Å²) in [6.45, 7) is -0.133. The van der Waals surface area contributed by atoms with E-state index < -0.39 is 41.5 Å². The number of alkyl halides is 3. The SMILES string of the molecule is O=C(O)C(CCN1C(=O)c2ccccc2C1=O)C(O)CCc1ccc(-c2cccc(C(F)(F)F)c2)cc1. The van der Waals surface area contributed by atoms with Crippen LogP contribution in [0.15, 0.2) is 72.8 Å². The van der Waals surface area contributed by atoms with Crippen molar-refractivity contribution < 1.29 is 37.8 Å². The molecule has 0 fully saturated rings. The van der Waals surface area contributed by atoms with Gasteiger partial charge in [-0.25, -0.2) is 0 Å². The number of carboxylic acids is 1. The molecule has 6 nitrogen and oxygen atoms in total. The lowest BCUT2D eigenvalue weighted by Gasteiger charge is -2.22. The molecular weight excluding hydrogens is 487 g/mol. The van der Waals surface area contributed by atoms with Crippen LogP contribution in [-0.4, -0.2) is 45.5 Å². The number of fused-ring (bicyclic) bond motifs is 1. The summed E-state index contributed by atoms with van der Waals surface area (Å²) in [5.41, 5.74) is 1.60. The Hall–Kier alpha value is -3.98. The van der Waals surface area contributed by atoms with Crippen LogP contribution in [0.3, 0.4) is 0 Å². The number of aliphatic hydroxyl groups is 1. The summed E-state index contributed by atoms with van der Waals surface area (Å²) in [6.07, 6.45) is -5.32. The van der Waals surface area contributed by atoms with Crippen LogP contribution in [0.25, 0.3) is 11.1 Å². The van der Waals surface area contributed by atoms with E-state index in [1.807, 2.05) is 0 Å². The van der Waals surface area contributed by atoms with Gasteiger partial charge in [-0.15, -0.1) is 0 Å². The third-order valence-corrected chi connectivity index (χ3v) is 6.53. The van der Waals surface area contributed by atoms with Gasteiger partial charge in [0.05, 0.1) is 28.7 Å². The summed E-state index contributed by atoms with van der Waals surface area (Å²) in [4.78, 5) is 37.8. The zero-order chi connectivity index (χ0) is 26.7. The third-order valence-electron chi connectivity index (χ3n) is 6.53. The van der Waals surface area contributed by atoms with Crippen molar-refractivity contribution in [3.05, 3.63) is 95.1 Å². The van der Waals surface area contributed by atoms with Crippen molar-refractivity contribution in [2.24, 2.45) is 5.92 Å². The number of amides is 2.